The van der Waals surface area contributed by atoms with Crippen LogP contribution >= 0.6 is 0 Å². The van der Waals surface area contributed by atoms with Crippen LogP contribution in [0.3, 0.4) is 0 Å². The number of para-hydroxylation sites is 1. The minimum absolute atomic E-state index is 0.459. The van der Waals surface area contributed by atoms with E-state index in [1.165, 1.54) is 37.7 Å². The van der Waals surface area contributed by atoms with Gasteiger partial charge in [-0.2, -0.15) is 0 Å². The predicted molar refractivity (Wildman–Crippen MR) is 83.0 cm³/mol. The molecule has 4 unspecified atom stereocenters. The van der Waals surface area contributed by atoms with Gasteiger partial charge in [0.1, 0.15) is 5.75 Å². The Hall–Kier alpha value is -1.02. The van der Waals surface area contributed by atoms with E-state index in [-0.39, 0.29) is 0 Å². The summed E-state index contributed by atoms with van der Waals surface area (Å²) in [6, 6.07) is 9.67. The lowest BCUT2D eigenvalue weighted by atomic mass is 9.82. The lowest BCUT2D eigenvalue weighted by Gasteiger charge is -2.37. The van der Waals surface area contributed by atoms with Gasteiger partial charge in [0, 0.05) is 23.6 Å². The van der Waals surface area contributed by atoms with Crippen molar-refractivity contribution in [2.75, 3.05) is 6.61 Å². The molecular formula is C18H27NO. The fourth-order valence-corrected chi connectivity index (χ4v) is 3.81. The molecule has 2 heteroatoms. The molecule has 0 bridgehead atoms. The summed E-state index contributed by atoms with van der Waals surface area (Å²) in [5.41, 5.74) is 1.35. The Bertz CT molecular complexity index is 445. The normalized spacial score (nSPS) is 33.3. The van der Waals surface area contributed by atoms with E-state index in [4.69, 9.17) is 4.74 Å². The Labute approximate surface area is 122 Å². The van der Waals surface area contributed by atoms with Crippen LogP contribution in [0, 0.1) is 11.8 Å². The minimum Gasteiger partial charge on any atom is -0.493 e. The van der Waals surface area contributed by atoms with Crippen LogP contribution in [0.2, 0.25) is 0 Å². The molecule has 1 aromatic rings. The molecule has 20 heavy (non-hydrogen) atoms. The molecule has 1 aliphatic heterocycles. The van der Waals surface area contributed by atoms with E-state index in [0.29, 0.717) is 18.0 Å². The van der Waals surface area contributed by atoms with Crippen LogP contribution in [0.1, 0.15) is 57.6 Å². The lowest BCUT2D eigenvalue weighted by Crippen LogP contribution is -2.42. The first-order chi connectivity index (χ1) is 9.78. The maximum Gasteiger partial charge on any atom is 0.124 e. The van der Waals surface area contributed by atoms with E-state index >= 15 is 0 Å². The van der Waals surface area contributed by atoms with E-state index < -0.39 is 0 Å². The average Bonchev–Trinajstić information content (AvgIpc) is 2.50. The molecule has 4 atom stereocenters. The zero-order valence-electron chi connectivity index (χ0n) is 12.8. The molecule has 2 aliphatic rings. The molecule has 1 heterocycles. The molecule has 110 valence electrons. The number of ether oxygens (including phenoxy) is 1. The van der Waals surface area contributed by atoms with Crippen LogP contribution in [0.4, 0.5) is 0 Å². The van der Waals surface area contributed by atoms with Gasteiger partial charge >= 0.3 is 0 Å². The summed E-state index contributed by atoms with van der Waals surface area (Å²) in [4.78, 5) is 0. The summed E-state index contributed by atoms with van der Waals surface area (Å²) < 4.78 is 5.86. The molecule has 1 saturated carbocycles. The van der Waals surface area contributed by atoms with Gasteiger partial charge in [0.15, 0.2) is 0 Å². The highest BCUT2D eigenvalue weighted by Crippen LogP contribution is 2.37. The highest BCUT2D eigenvalue weighted by Gasteiger charge is 2.31. The predicted octanol–water partition coefficient (Wildman–Crippen LogP) is 4.31. The molecule has 1 fully saturated rings. The van der Waals surface area contributed by atoms with Crippen LogP contribution in [0.15, 0.2) is 24.3 Å². The summed E-state index contributed by atoms with van der Waals surface area (Å²) >= 11 is 0. The number of hydrogen-bond acceptors (Lipinski definition) is 2. The molecule has 1 aromatic carbocycles. The minimum atomic E-state index is 0.459. The van der Waals surface area contributed by atoms with Gasteiger partial charge in [-0.25, -0.2) is 0 Å². The second-order valence-corrected chi connectivity index (χ2v) is 6.61. The average molecular weight is 273 g/mol. The molecule has 1 N–H and O–H groups in total. The van der Waals surface area contributed by atoms with Crippen LogP contribution in [0.5, 0.6) is 5.75 Å². The van der Waals surface area contributed by atoms with Crippen molar-refractivity contribution in [3.05, 3.63) is 29.8 Å². The number of hydrogen-bond donors (Lipinski definition) is 1. The van der Waals surface area contributed by atoms with Crippen molar-refractivity contribution in [2.45, 2.75) is 58.0 Å². The first-order valence-corrected chi connectivity index (χ1v) is 8.25. The Morgan fingerprint density at radius 2 is 2.10 bits per heavy atom. The van der Waals surface area contributed by atoms with E-state index in [2.05, 4.69) is 43.4 Å². The molecule has 1 aliphatic carbocycles. The highest BCUT2D eigenvalue weighted by molar-refractivity contribution is 5.38. The third-order valence-electron chi connectivity index (χ3n) is 5.10. The zero-order valence-corrected chi connectivity index (χ0v) is 12.8. The third-order valence-corrected chi connectivity index (χ3v) is 5.10. The molecule has 0 radical (unpaired) electrons. The number of rotatable bonds is 3. The molecule has 0 amide bonds. The second-order valence-electron chi connectivity index (χ2n) is 6.61. The van der Waals surface area contributed by atoms with Gasteiger partial charge < -0.3 is 10.1 Å². The van der Waals surface area contributed by atoms with E-state index in [1.807, 2.05) is 0 Å². The summed E-state index contributed by atoms with van der Waals surface area (Å²) in [6.07, 6.45) is 6.83. The van der Waals surface area contributed by atoms with Crippen molar-refractivity contribution < 1.29 is 4.74 Å². The van der Waals surface area contributed by atoms with E-state index in [9.17, 15) is 0 Å². The van der Waals surface area contributed by atoms with Crippen molar-refractivity contribution in [1.29, 1.82) is 0 Å². The maximum absolute atomic E-state index is 5.86. The smallest absolute Gasteiger partial charge is 0.124 e. The van der Waals surface area contributed by atoms with Crippen molar-refractivity contribution in [3.63, 3.8) is 0 Å². The molecular weight excluding hydrogens is 246 g/mol. The Kier molecular flexibility index (Phi) is 4.30. The van der Waals surface area contributed by atoms with Gasteiger partial charge in [-0.1, -0.05) is 51.3 Å². The van der Waals surface area contributed by atoms with Gasteiger partial charge in [-0.15, -0.1) is 0 Å². The Morgan fingerprint density at radius 3 is 2.95 bits per heavy atom. The number of fused-ring (bicyclic) bond motifs is 1. The Morgan fingerprint density at radius 1 is 1.25 bits per heavy atom. The monoisotopic (exact) mass is 273 g/mol. The molecule has 0 saturated heterocycles. The third kappa shape index (κ3) is 2.85. The van der Waals surface area contributed by atoms with Crippen LogP contribution < -0.4 is 10.1 Å². The van der Waals surface area contributed by atoms with Crippen molar-refractivity contribution in [2.24, 2.45) is 11.8 Å². The zero-order chi connectivity index (χ0) is 13.9. The van der Waals surface area contributed by atoms with Gasteiger partial charge in [-0.05, 0) is 24.8 Å². The summed E-state index contributed by atoms with van der Waals surface area (Å²) in [7, 11) is 0. The first kappa shape index (κ1) is 13.9. The number of nitrogens with one attached hydrogen (secondary N) is 1. The number of benzene rings is 1. The largest absolute Gasteiger partial charge is 0.493 e. The van der Waals surface area contributed by atoms with Gasteiger partial charge in [0.05, 0.1) is 6.61 Å². The Balaban J connectivity index is 1.73. The fourth-order valence-electron chi connectivity index (χ4n) is 3.81. The van der Waals surface area contributed by atoms with Crippen molar-refractivity contribution in [3.8, 4) is 5.75 Å². The first-order valence-electron chi connectivity index (χ1n) is 8.25. The van der Waals surface area contributed by atoms with Crippen molar-refractivity contribution in [1.82, 2.24) is 5.32 Å². The van der Waals surface area contributed by atoms with Crippen LogP contribution in [-0.4, -0.2) is 12.6 Å². The van der Waals surface area contributed by atoms with Gasteiger partial charge in [-0.3, -0.25) is 0 Å². The van der Waals surface area contributed by atoms with Gasteiger partial charge in [0.2, 0.25) is 0 Å². The summed E-state index contributed by atoms with van der Waals surface area (Å²) in [5.74, 6) is 2.55. The molecule has 0 spiro atoms. The lowest BCUT2D eigenvalue weighted by molar-refractivity contribution is 0.164. The van der Waals surface area contributed by atoms with Gasteiger partial charge in [0.25, 0.3) is 0 Å². The van der Waals surface area contributed by atoms with E-state index in [0.717, 1.165) is 18.3 Å². The molecule has 0 aromatic heterocycles. The van der Waals surface area contributed by atoms with Crippen LogP contribution in [0.25, 0.3) is 0 Å². The van der Waals surface area contributed by atoms with Crippen molar-refractivity contribution >= 4 is 0 Å². The SMILES string of the molecule is CCC1CCCC(NC2c3ccccc3OCC2C)C1. The van der Waals surface area contributed by atoms with Crippen LogP contribution in [-0.2, 0) is 0 Å². The summed E-state index contributed by atoms with van der Waals surface area (Å²) in [5, 5.41) is 3.95. The molecule has 2 nitrogen and oxygen atoms in total. The summed E-state index contributed by atoms with van der Waals surface area (Å²) in [6.45, 7) is 5.46. The maximum atomic E-state index is 5.86. The highest BCUT2D eigenvalue weighted by atomic mass is 16.5. The molecule has 3 rings (SSSR count). The van der Waals surface area contributed by atoms with E-state index in [1.54, 1.807) is 0 Å². The second kappa shape index (κ2) is 6.17. The standard InChI is InChI=1S/C18H27NO/c1-3-14-7-6-8-15(11-14)19-18-13(2)12-20-17-10-5-4-9-16(17)18/h4-5,9-10,13-15,18-19H,3,6-8,11-12H2,1-2H3. The quantitative estimate of drug-likeness (QED) is 0.886. The fraction of sp³-hybridized carbons (Fsp3) is 0.667. The topological polar surface area (TPSA) is 21.3 Å².